The molecule has 1 N–H and O–H groups in total. The van der Waals surface area contributed by atoms with E-state index >= 15 is 0 Å². The zero-order chi connectivity index (χ0) is 14.9. The van der Waals surface area contributed by atoms with Crippen LogP contribution in [0.2, 0.25) is 0 Å². The van der Waals surface area contributed by atoms with Crippen LogP contribution in [-0.2, 0) is 6.54 Å². The van der Waals surface area contributed by atoms with Gasteiger partial charge in [-0.05, 0) is 12.1 Å². The van der Waals surface area contributed by atoms with Crippen LogP contribution in [0.1, 0.15) is 5.69 Å². The molecule has 1 aromatic carbocycles. The number of aromatic nitrogens is 2. The van der Waals surface area contributed by atoms with Gasteiger partial charge < -0.3 is 5.32 Å². The van der Waals surface area contributed by atoms with Gasteiger partial charge >= 0.3 is 0 Å². The van der Waals surface area contributed by atoms with Crippen LogP contribution in [0.15, 0.2) is 40.3 Å². The van der Waals surface area contributed by atoms with Crippen molar-refractivity contribution in [3.63, 3.8) is 0 Å². The van der Waals surface area contributed by atoms with Gasteiger partial charge in [-0.3, -0.25) is 9.30 Å². The zero-order valence-electron chi connectivity index (χ0n) is 12.1. The van der Waals surface area contributed by atoms with E-state index in [1.54, 1.807) is 11.3 Å². The Bertz CT molecular complexity index is 771. The number of hydrogen-bond donors (Lipinski definition) is 1. The molecule has 0 bridgehead atoms. The second kappa shape index (κ2) is 6.12. The van der Waals surface area contributed by atoms with Crippen LogP contribution < -0.4 is 5.32 Å². The minimum absolute atomic E-state index is 0.949. The lowest BCUT2D eigenvalue weighted by Gasteiger charge is -2.27. The summed E-state index contributed by atoms with van der Waals surface area (Å²) >= 11 is 5.20. The van der Waals surface area contributed by atoms with Gasteiger partial charge in [0.25, 0.3) is 0 Å². The second-order valence-corrected chi connectivity index (χ2v) is 7.28. The highest BCUT2D eigenvalue weighted by Crippen LogP contribution is 2.28. The maximum absolute atomic E-state index is 4.86. The lowest BCUT2D eigenvalue weighted by Crippen LogP contribution is -2.43. The number of fused-ring (bicyclic) bond motifs is 1. The van der Waals surface area contributed by atoms with Crippen molar-refractivity contribution in [2.75, 3.05) is 26.2 Å². The first-order valence-corrected chi connectivity index (χ1v) is 9.12. The Morgan fingerprint density at radius 1 is 1.18 bits per heavy atom. The first-order valence-electron chi connectivity index (χ1n) is 7.45. The van der Waals surface area contributed by atoms with Crippen LogP contribution in [0.3, 0.4) is 0 Å². The summed E-state index contributed by atoms with van der Waals surface area (Å²) in [6.07, 6.45) is 2.13. The fraction of sp³-hybridized carbons (Fsp3) is 0.312. The summed E-state index contributed by atoms with van der Waals surface area (Å²) < 4.78 is 3.34. The molecule has 22 heavy (non-hydrogen) atoms. The van der Waals surface area contributed by atoms with Crippen molar-refractivity contribution < 1.29 is 0 Å². The molecule has 0 saturated carbocycles. The second-order valence-electron chi connectivity index (χ2n) is 5.50. The molecule has 1 saturated heterocycles. The monoisotopic (exact) mass is 376 g/mol. The lowest BCUT2D eigenvalue weighted by atomic mass is 10.1. The fourth-order valence-corrected chi connectivity index (χ4v) is 3.90. The predicted octanol–water partition coefficient (Wildman–Crippen LogP) is 3.23. The number of thiazole rings is 1. The molecule has 6 heteroatoms. The standard InChI is InChI=1S/C16H17BrN4S/c17-13-3-1-12(2-4-13)15-14(11-20-7-5-18-6-8-20)21-9-10-22-16(21)19-15/h1-4,9-10,18H,5-8,11H2. The van der Waals surface area contributed by atoms with Crippen LogP contribution in [0.25, 0.3) is 16.2 Å². The molecule has 0 aliphatic carbocycles. The minimum atomic E-state index is 0.949. The van der Waals surface area contributed by atoms with Gasteiger partial charge in [-0.25, -0.2) is 4.98 Å². The maximum Gasteiger partial charge on any atom is 0.194 e. The molecular formula is C16H17BrN4S. The SMILES string of the molecule is Brc1ccc(-c2nc3sccn3c2CN2CCNCC2)cc1. The highest BCUT2D eigenvalue weighted by Gasteiger charge is 2.18. The zero-order valence-corrected chi connectivity index (χ0v) is 14.5. The van der Waals surface area contributed by atoms with E-state index < -0.39 is 0 Å². The van der Waals surface area contributed by atoms with Crippen molar-refractivity contribution >= 4 is 32.2 Å². The summed E-state index contributed by atoms with van der Waals surface area (Å²) in [5, 5.41) is 5.52. The van der Waals surface area contributed by atoms with Gasteiger partial charge in [0.1, 0.15) is 0 Å². The molecule has 1 aliphatic rings. The van der Waals surface area contributed by atoms with Crippen molar-refractivity contribution in [3.05, 3.63) is 46.0 Å². The largest absolute Gasteiger partial charge is 0.314 e. The Hall–Kier alpha value is -1.21. The molecule has 2 aromatic heterocycles. The maximum atomic E-state index is 4.86. The lowest BCUT2D eigenvalue weighted by molar-refractivity contribution is 0.230. The number of rotatable bonds is 3. The van der Waals surface area contributed by atoms with E-state index in [-0.39, 0.29) is 0 Å². The number of nitrogens with zero attached hydrogens (tertiary/aromatic N) is 3. The smallest absolute Gasteiger partial charge is 0.194 e. The van der Waals surface area contributed by atoms with Gasteiger partial charge in [0, 0.05) is 54.3 Å². The van der Waals surface area contributed by atoms with Crippen molar-refractivity contribution in [1.29, 1.82) is 0 Å². The third-order valence-corrected chi connectivity index (χ3v) is 5.35. The van der Waals surface area contributed by atoms with Crippen molar-refractivity contribution in [2.24, 2.45) is 0 Å². The first-order chi connectivity index (χ1) is 10.8. The van der Waals surface area contributed by atoms with Gasteiger partial charge in [-0.1, -0.05) is 28.1 Å². The third-order valence-electron chi connectivity index (χ3n) is 4.06. The van der Waals surface area contributed by atoms with Crippen LogP contribution in [0, 0.1) is 0 Å². The summed E-state index contributed by atoms with van der Waals surface area (Å²) in [6, 6.07) is 8.43. The summed E-state index contributed by atoms with van der Waals surface area (Å²) in [7, 11) is 0. The molecule has 0 amide bonds. The number of hydrogen-bond acceptors (Lipinski definition) is 4. The van der Waals surface area contributed by atoms with Crippen LogP contribution in [0.4, 0.5) is 0 Å². The van der Waals surface area contributed by atoms with Crippen LogP contribution in [-0.4, -0.2) is 40.5 Å². The van der Waals surface area contributed by atoms with Crippen molar-refractivity contribution in [1.82, 2.24) is 19.6 Å². The van der Waals surface area contributed by atoms with E-state index in [0.29, 0.717) is 0 Å². The molecule has 3 aromatic rings. The van der Waals surface area contributed by atoms with E-state index in [2.05, 4.69) is 66.4 Å². The molecule has 4 nitrogen and oxygen atoms in total. The molecule has 0 unspecified atom stereocenters. The molecule has 0 spiro atoms. The quantitative estimate of drug-likeness (QED) is 0.761. The summed E-state index contributed by atoms with van der Waals surface area (Å²) in [5.74, 6) is 0. The van der Waals surface area contributed by atoms with E-state index in [9.17, 15) is 0 Å². The Kier molecular flexibility index (Phi) is 4.00. The summed E-state index contributed by atoms with van der Waals surface area (Å²) in [5.41, 5.74) is 3.59. The Balaban J connectivity index is 1.75. The van der Waals surface area contributed by atoms with E-state index in [1.807, 2.05) is 0 Å². The molecule has 0 radical (unpaired) electrons. The molecule has 114 valence electrons. The molecule has 1 aliphatic heterocycles. The van der Waals surface area contributed by atoms with Crippen molar-refractivity contribution in [3.8, 4) is 11.3 Å². The van der Waals surface area contributed by atoms with Gasteiger partial charge in [0.05, 0.1) is 11.4 Å². The molecular weight excluding hydrogens is 360 g/mol. The number of halogens is 1. The van der Waals surface area contributed by atoms with Crippen LogP contribution in [0.5, 0.6) is 0 Å². The Labute approximate surface area is 141 Å². The number of benzene rings is 1. The normalized spacial score (nSPS) is 16.4. The average Bonchev–Trinajstić information content (AvgIpc) is 3.12. The average molecular weight is 377 g/mol. The van der Waals surface area contributed by atoms with Gasteiger partial charge in [-0.2, -0.15) is 0 Å². The Morgan fingerprint density at radius 2 is 1.95 bits per heavy atom. The third kappa shape index (κ3) is 2.72. The highest BCUT2D eigenvalue weighted by atomic mass is 79.9. The topological polar surface area (TPSA) is 32.6 Å². The molecule has 0 atom stereocenters. The predicted molar refractivity (Wildman–Crippen MR) is 94.4 cm³/mol. The van der Waals surface area contributed by atoms with Gasteiger partial charge in [-0.15, -0.1) is 11.3 Å². The molecule has 4 rings (SSSR count). The van der Waals surface area contributed by atoms with E-state index in [4.69, 9.17) is 4.98 Å². The highest BCUT2D eigenvalue weighted by molar-refractivity contribution is 9.10. The Morgan fingerprint density at radius 3 is 2.73 bits per heavy atom. The number of nitrogens with one attached hydrogen (secondary N) is 1. The van der Waals surface area contributed by atoms with E-state index in [0.717, 1.165) is 47.9 Å². The molecule has 1 fully saturated rings. The van der Waals surface area contributed by atoms with Gasteiger partial charge in [0.15, 0.2) is 4.96 Å². The van der Waals surface area contributed by atoms with Gasteiger partial charge in [0.2, 0.25) is 0 Å². The number of imidazole rings is 1. The summed E-state index contributed by atoms with van der Waals surface area (Å²) in [4.78, 5) is 8.43. The first kappa shape index (κ1) is 14.4. The number of piperazine rings is 1. The van der Waals surface area contributed by atoms with Crippen LogP contribution >= 0.6 is 27.3 Å². The van der Waals surface area contributed by atoms with E-state index in [1.165, 1.54) is 11.3 Å². The molecule has 3 heterocycles. The minimum Gasteiger partial charge on any atom is -0.314 e. The van der Waals surface area contributed by atoms with Crippen molar-refractivity contribution in [2.45, 2.75) is 6.54 Å². The fourth-order valence-electron chi connectivity index (χ4n) is 2.90. The summed E-state index contributed by atoms with van der Waals surface area (Å²) in [6.45, 7) is 5.28.